The van der Waals surface area contributed by atoms with Gasteiger partial charge < -0.3 is 19.5 Å². The first-order valence-corrected chi connectivity index (χ1v) is 10.2. The molecule has 1 atom stereocenters. The number of carbonyl (C=O) groups is 3. The van der Waals surface area contributed by atoms with Crippen molar-refractivity contribution in [3.8, 4) is 5.75 Å². The maximum atomic E-state index is 12.3. The zero-order valence-corrected chi connectivity index (χ0v) is 17.2. The van der Waals surface area contributed by atoms with Gasteiger partial charge in [-0.1, -0.05) is 25.1 Å². The average Bonchev–Trinajstić information content (AvgIpc) is 3.07. The van der Waals surface area contributed by atoms with E-state index < -0.39 is 24.5 Å². The Morgan fingerprint density at radius 2 is 1.93 bits per heavy atom. The molecule has 29 heavy (non-hydrogen) atoms. The van der Waals surface area contributed by atoms with Crippen molar-refractivity contribution < 1.29 is 28.6 Å². The van der Waals surface area contributed by atoms with Crippen LogP contribution >= 0.6 is 11.3 Å². The Bertz CT molecular complexity index is 892. The first kappa shape index (κ1) is 20.9. The number of carbonyl (C=O) groups excluding carboxylic acids is 3. The van der Waals surface area contributed by atoms with Crippen LogP contribution < -0.4 is 10.1 Å². The van der Waals surface area contributed by atoms with E-state index >= 15 is 0 Å². The number of thiophene rings is 1. The molecule has 1 heterocycles. The molecule has 1 amide bonds. The van der Waals surface area contributed by atoms with Crippen molar-refractivity contribution in [3.63, 3.8) is 0 Å². The minimum atomic E-state index is -0.656. The second-order valence-electron chi connectivity index (χ2n) is 6.86. The summed E-state index contributed by atoms with van der Waals surface area (Å²) < 4.78 is 15.1. The van der Waals surface area contributed by atoms with Gasteiger partial charge in [0, 0.05) is 4.88 Å². The van der Waals surface area contributed by atoms with E-state index in [1.165, 1.54) is 18.4 Å². The molecule has 8 heteroatoms. The van der Waals surface area contributed by atoms with Gasteiger partial charge in [0.05, 0.1) is 12.7 Å². The van der Waals surface area contributed by atoms with Crippen LogP contribution in [-0.4, -0.2) is 38.2 Å². The number of benzene rings is 1. The summed E-state index contributed by atoms with van der Waals surface area (Å²) in [4.78, 5) is 37.4. The third kappa shape index (κ3) is 5.35. The highest BCUT2D eigenvalue weighted by molar-refractivity contribution is 7.17. The summed E-state index contributed by atoms with van der Waals surface area (Å²) >= 11 is 1.38. The van der Waals surface area contributed by atoms with E-state index in [4.69, 9.17) is 14.2 Å². The van der Waals surface area contributed by atoms with Crippen molar-refractivity contribution in [2.75, 3.05) is 25.6 Å². The van der Waals surface area contributed by atoms with Crippen LogP contribution in [0.1, 0.15) is 34.1 Å². The molecular weight excluding hydrogens is 394 g/mol. The maximum absolute atomic E-state index is 12.3. The third-order valence-corrected chi connectivity index (χ3v) is 5.79. The molecule has 0 bridgehead atoms. The Labute approximate surface area is 173 Å². The highest BCUT2D eigenvalue weighted by atomic mass is 32.1. The average molecular weight is 417 g/mol. The molecule has 7 nitrogen and oxygen atoms in total. The van der Waals surface area contributed by atoms with Crippen molar-refractivity contribution >= 4 is 34.2 Å². The molecule has 0 aliphatic heterocycles. The van der Waals surface area contributed by atoms with Crippen LogP contribution in [0.25, 0.3) is 0 Å². The summed E-state index contributed by atoms with van der Waals surface area (Å²) in [6.45, 7) is 1.40. The second kappa shape index (κ2) is 9.56. The highest BCUT2D eigenvalue weighted by Crippen LogP contribution is 2.40. The van der Waals surface area contributed by atoms with Gasteiger partial charge in [-0.3, -0.25) is 4.79 Å². The van der Waals surface area contributed by atoms with Gasteiger partial charge in [-0.25, -0.2) is 9.59 Å². The smallest absolute Gasteiger partial charge is 0.344 e. The number of para-hydroxylation sites is 1. The number of fused-ring (bicyclic) bond motifs is 1. The largest absolute Gasteiger partial charge is 0.482 e. The summed E-state index contributed by atoms with van der Waals surface area (Å²) in [7, 11) is 1.32. The van der Waals surface area contributed by atoms with Gasteiger partial charge in [0.1, 0.15) is 10.8 Å². The van der Waals surface area contributed by atoms with Gasteiger partial charge in [0.25, 0.3) is 5.91 Å². The SMILES string of the molecule is COC(=O)c1c(NC(=O)COC(=O)COc2ccccc2)sc2c1CC[C@H](C)C2. The lowest BCUT2D eigenvalue weighted by atomic mass is 9.88. The Kier molecular flexibility index (Phi) is 6.87. The fraction of sp³-hybridized carbons (Fsp3) is 0.381. The summed E-state index contributed by atoms with van der Waals surface area (Å²) in [6, 6.07) is 8.84. The summed E-state index contributed by atoms with van der Waals surface area (Å²) in [6.07, 6.45) is 2.63. The van der Waals surface area contributed by atoms with Gasteiger partial charge in [-0.15, -0.1) is 11.3 Å². The highest BCUT2D eigenvalue weighted by Gasteiger charge is 2.29. The number of hydrogen-bond acceptors (Lipinski definition) is 7. The summed E-state index contributed by atoms with van der Waals surface area (Å²) in [5.74, 6) is -0.581. The molecule has 3 rings (SSSR count). The normalized spacial score (nSPS) is 15.2. The molecule has 0 spiro atoms. The molecule has 0 unspecified atom stereocenters. The van der Waals surface area contributed by atoms with Crippen LogP contribution in [0.3, 0.4) is 0 Å². The van der Waals surface area contributed by atoms with Crippen molar-refractivity contribution in [2.45, 2.75) is 26.2 Å². The van der Waals surface area contributed by atoms with Gasteiger partial charge in [-0.2, -0.15) is 0 Å². The third-order valence-electron chi connectivity index (χ3n) is 4.62. The van der Waals surface area contributed by atoms with Crippen LogP contribution in [0.4, 0.5) is 5.00 Å². The minimum absolute atomic E-state index is 0.296. The molecule has 154 valence electrons. The standard InChI is InChI=1S/C21H23NO6S/c1-13-8-9-15-16(10-13)29-20(19(15)21(25)26-2)22-17(23)11-28-18(24)12-27-14-6-4-3-5-7-14/h3-7,13H,8-12H2,1-2H3,(H,22,23)/t13-/m0/s1. The first-order chi connectivity index (χ1) is 14.0. The zero-order valence-electron chi connectivity index (χ0n) is 16.4. The number of rotatable bonds is 7. The first-order valence-electron chi connectivity index (χ1n) is 9.34. The molecule has 2 aromatic rings. The molecular formula is C21H23NO6S. The zero-order chi connectivity index (χ0) is 20.8. The van der Waals surface area contributed by atoms with E-state index in [9.17, 15) is 14.4 Å². The topological polar surface area (TPSA) is 90.9 Å². The van der Waals surface area contributed by atoms with Crippen molar-refractivity contribution in [3.05, 3.63) is 46.3 Å². The fourth-order valence-electron chi connectivity index (χ4n) is 3.17. The van der Waals surface area contributed by atoms with Gasteiger partial charge in [0.15, 0.2) is 13.2 Å². The Hall–Kier alpha value is -2.87. The van der Waals surface area contributed by atoms with E-state index in [1.807, 2.05) is 6.07 Å². The monoisotopic (exact) mass is 417 g/mol. The van der Waals surface area contributed by atoms with Crippen LogP contribution in [0.2, 0.25) is 0 Å². The molecule has 1 N–H and O–H groups in total. The number of ether oxygens (including phenoxy) is 3. The summed E-state index contributed by atoms with van der Waals surface area (Å²) in [5.41, 5.74) is 1.36. The van der Waals surface area contributed by atoms with E-state index in [0.717, 1.165) is 29.7 Å². The Balaban J connectivity index is 1.57. The molecule has 0 fully saturated rings. The van der Waals surface area contributed by atoms with E-state index in [1.54, 1.807) is 24.3 Å². The van der Waals surface area contributed by atoms with E-state index in [0.29, 0.717) is 22.2 Å². The predicted octanol–water partition coefficient (Wildman–Crippen LogP) is 3.22. The van der Waals surface area contributed by atoms with Crippen LogP contribution in [0.5, 0.6) is 5.75 Å². The molecule has 0 saturated heterocycles. The molecule has 0 saturated carbocycles. The predicted molar refractivity (Wildman–Crippen MR) is 108 cm³/mol. The quantitative estimate of drug-likeness (QED) is 0.696. The van der Waals surface area contributed by atoms with E-state index in [2.05, 4.69) is 12.2 Å². The molecule has 1 aromatic heterocycles. The second-order valence-corrected chi connectivity index (χ2v) is 7.96. The number of nitrogens with one attached hydrogen (secondary N) is 1. The van der Waals surface area contributed by atoms with Crippen molar-refractivity contribution in [1.82, 2.24) is 0 Å². The van der Waals surface area contributed by atoms with Crippen LogP contribution in [0.15, 0.2) is 30.3 Å². The van der Waals surface area contributed by atoms with Gasteiger partial charge in [0.2, 0.25) is 0 Å². The Morgan fingerprint density at radius 3 is 2.66 bits per heavy atom. The van der Waals surface area contributed by atoms with Gasteiger partial charge in [-0.05, 0) is 42.9 Å². The van der Waals surface area contributed by atoms with E-state index in [-0.39, 0.29) is 6.61 Å². The lowest BCUT2D eigenvalue weighted by Gasteiger charge is -2.18. The lowest BCUT2D eigenvalue weighted by Crippen LogP contribution is -2.24. The molecule has 0 radical (unpaired) electrons. The number of anilines is 1. The molecule has 1 aliphatic carbocycles. The fourth-order valence-corrected chi connectivity index (χ4v) is 4.58. The van der Waals surface area contributed by atoms with Gasteiger partial charge >= 0.3 is 11.9 Å². The number of amides is 1. The minimum Gasteiger partial charge on any atom is -0.482 e. The number of methoxy groups -OCH3 is 1. The molecule has 1 aliphatic rings. The van der Waals surface area contributed by atoms with Crippen LogP contribution in [0, 0.1) is 5.92 Å². The molecule has 1 aromatic carbocycles. The van der Waals surface area contributed by atoms with Crippen molar-refractivity contribution in [1.29, 1.82) is 0 Å². The lowest BCUT2D eigenvalue weighted by molar-refractivity contribution is -0.149. The maximum Gasteiger partial charge on any atom is 0.344 e. The number of hydrogen-bond donors (Lipinski definition) is 1. The number of esters is 2. The summed E-state index contributed by atoms with van der Waals surface area (Å²) in [5, 5.41) is 3.13. The van der Waals surface area contributed by atoms with Crippen LogP contribution in [-0.2, 0) is 31.9 Å². The Morgan fingerprint density at radius 1 is 1.17 bits per heavy atom. The van der Waals surface area contributed by atoms with Crippen molar-refractivity contribution in [2.24, 2.45) is 5.92 Å².